The summed E-state index contributed by atoms with van der Waals surface area (Å²) >= 11 is 0. The quantitative estimate of drug-likeness (QED) is 0.0879. The van der Waals surface area contributed by atoms with Crippen LogP contribution in [0.25, 0.3) is 0 Å². The van der Waals surface area contributed by atoms with Crippen molar-refractivity contribution in [3.63, 3.8) is 0 Å². The van der Waals surface area contributed by atoms with E-state index in [0.717, 1.165) is 34.6 Å². The first-order valence-electron chi connectivity index (χ1n) is 14.5. The van der Waals surface area contributed by atoms with E-state index < -0.39 is 123 Å². The van der Waals surface area contributed by atoms with Gasteiger partial charge in [0.2, 0.25) is 5.91 Å². The summed E-state index contributed by atoms with van der Waals surface area (Å²) in [6.45, 7) is 2.86. The summed E-state index contributed by atoms with van der Waals surface area (Å²) in [4.78, 5) is 71.3. The number of amides is 2. The number of carbonyl (C=O) groups excluding carboxylic acids is 6. The van der Waals surface area contributed by atoms with E-state index in [1.54, 1.807) is 5.32 Å². The van der Waals surface area contributed by atoms with Crippen molar-refractivity contribution < 1.29 is 90.0 Å². The van der Waals surface area contributed by atoms with Gasteiger partial charge in [0.15, 0.2) is 30.9 Å². The van der Waals surface area contributed by atoms with E-state index >= 15 is 0 Å². The Balaban J connectivity index is 2.49. The maximum absolute atomic E-state index is 12.5. The summed E-state index contributed by atoms with van der Waals surface area (Å²) in [6, 6.07) is -1.42. The third-order valence-corrected chi connectivity index (χ3v) is 6.61. The van der Waals surface area contributed by atoms with Crippen LogP contribution in [-0.2, 0) is 66.7 Å². The Morgan fingerprint density at radius 1 is 0.771 bits per heavy atom. The molecule has 2 rings (SSSR count). The van der Waals surface area contributed by atoms with Gasteiger partial charge < -0.3 is 58.7 Å². The van der Waals surface area contributed by atoms with Gasteiger partial charge in [-0.05, 0) is 6.42 Å². The van der Waals surface area contributed by atoms with Gasteiger partial charge in [-0.1, -0.05) is 0 Å². The SMILES string of the molecule is CC(=O)N[C@H]1[C@H](OCCCNC(=O)C(F)(F)F)O[C@H](COC(C)=O)[C@@H](O[C@@H]2O[C@H](CO)[C@H](O)[C@H](OC(C)=O)[C@H]2OC(C)=O)[C@@H]1OC(C)=O. The van der Waals surface area contributed by atoms with E-state index in [0.29, 0.717) is 0 Å². The van der Waals surface area contributed by atoms with Crippen LogP contribution in [-0.4, -0.2) is 140 Å². The second-order valence-corrected chi connectivity index (χ2v) is 10.6. The third-order valence-electron chi connectivity index (χ3n) is 6.61. The van der Waals surface area contributed by atoms with Crippen molar-refractivity contribution in [2.75, 3.05) is 26.4 Å². The number of hydrogen-bond donors (Lipinski definition) is 4. The average molecular weight is 705 g/mol. The molecule has 10 atom stereocenters. The highest BCUT2D eigenvalue weighted by atomic mass is 19.4. The molecule has 2 aliphatic heterocycles. The van der Waals surface area contributed by atoms with Crippen LogP contribution in [0.15, 0.2) is 0 Å². The average Bonchev–Trinajstić information content (AvgIpc) is 2.96. The van der Waals surface area contributed by atoms with Crippen molar-refractivity contribution in [3.8, 4) is 0 Å². The summed E-state index contributed by atoms with van der Waals surface area (Å²) < 4.78 is 81.8. The number of ether oxygens (including phenoxy) is 8. The lowest BCUT2D eigenvalue weighted by Crippen LogP contribution is -2.69. The molecular weight excluding hydrogens is 665 g/mol. The molecule has 0 aromatic carbocycles. The van der Waals surface area contributed by atoms with Crippen LogP contribution in [0.1, 0.15) is 41.0 Å². The fourth-order valence-corrected chi connectivity index (χ4v) is 4.79. The van der Waals surface area contributed by atoms with Gasteiger partial charge in [-0.15, -0.1) is 0 Å². The van der Waals surface area contributed by atoms with Gasteiger partial charge in [0.25, 0.3) is 0 Å². The molecule has 0 aromatic rings. The van der Waals surface area contributed by atoms with Gasteiger partial charge in [-0.25, -0.2) is 0 Å². The number of alkyl halides is 3. The van der Waals surface area contributed by atoms with Crippen molar-refractivity contribution in [1.82, 2.24) is 10.6 Å². The molecule has 2 aliphatic rings. The molecule has 0 saturated carbocycles. The number of nitrogens with one attached hydrogen (secondary N) is 2. The molecule has 2 heterocycles. The summed E-state index contributed by atoms with van der Waals surface area (Å²) in [5.74, 6) is -6.44. The predicted molar refractivity (Wildman–Crippen MR) is 146 cm³/mol. The first kappa shape index (κ1) is 40.5. The molecule has 274 valence electrons. The Labute approximate surface area is 271 Å². The normalized spacial score (nSPS) is 30.4. The molecule has 2 saturated heterocycles. The standard InChI is InChI=1S/C27H39F3N2O16/c1-11(34)32-18-21(43-13(3)36)20(48-25-23(45-15(5)38)22(44-14(4)37)19(39)16(9-33)46-25)17(10-42-12(2)35)47-24(18)41-8-6-7-31-26(40)27(28,29)30/h16-25,33,39H,6-10H2,1-5H3,(H,31,40)(H,32,34)/t16-,17-,18-,19+,20-,21-,22+,23-,24-,25+/m1/s1. The molecule has 18 nitrogen and oxygen atoms in total. The highest BCUT2D eigenvalue weighted by Crippen LogP contribution is 2.33. The minimum absolute atomic E-state index is 0.177. The van der Waals surface area contributed by atoms with Crippen LogP contribution in [0.2, 0.25) is 0 Å². The largest absolute Gasteiger partial charge is 0.471 e. The molecule has 2 fully saturated rings. The second-order valence-electron chi connectivity index (χ2n) is 10.6. The maximum atomic E-state index is 12.5. The lowest BCUT2D eigenvalue weighted by Gasteiger charge is -2.48. The second kappa shape index (κ2) is 18.2. The predicted octanol–water partition coefficient (Wildman–Crippen LogP) is -1.88. The summed E-state index contributed by atoms with van der Waals surface area (Å²) in [6.07, 6.45) is -19.8. The van der Waals surface area contributed by atoms with E-state index in [1.165, 1.54) is 0 Å². The smallest absolute Gasteiger partial charge is 0.463 e. The number of aliphatic hydroxyl groups is 2. The maximum Gasteiger partial charge on any atom is 0.471 e. The molecule has 0 unspecified atom stereocenters. The fourth-order valence-electron chi connectivity index (χ4n) is 4.79. The Kier molecular flexibility index (Phi) is 15.4. The first-order chi connectivity index (χ1) is 22.3. The van der Waals surface area contributed by atoms with E-state index in [-0.39, 0.29) is 13.0 Å². The van der Waals surface area contributed by atoms with Crippen LogP contribution in [0, 0.1) is 0 Å². The van der Waals surface area contributed by atoms with Crippen molar-refractivity contribution in [2.45, 2.75) is 109 Å². The van der Waals surface area contributed by atoms with E-state index in [4.69, 9.17) is 37.9 Å². The van der Waals surface area contributed by atoms with Crippen LogP contribution in [0.5, 0.6) is 0 Å². The van der Waals surface area contributed by atoms with Gasteiger partial charge in [0, 0.05) is 41.2 Å². The van der Waals surface area contributed by atoms with Gasteiger partial charge in [-0.3, -0.25) is 28.8 Å². The highest BCUT2D eigenvalue weighted by Gasteiger charge is 2.55. The molecule has 2 amide bonds. The molecule has 21 heteroatoms. The summed E-state index contributed by atoms with van der Waals surface area (Å²) in [7, 11) is 0. The van der Waals surface area contributed by atoms with E-state index in [1.807, 2.05) is 0 Å². The zero-order valence-electron chi connectivity index (χ0n) is 26.6. The van der Waals surface area contributed by atoms with Crippen molar-refractivity contribution >= 4 is 35.7 Å². The third kappa shape index (κ3) is 12.1. The van der Waals surface area contributed by atoms with E-state index in [2.05, 4.69) is 5.32 Å². The summed E-state index contributed by atoms with van der Waals surface area (Å²) in [5, 5.41) is 24.7. The molecule has 0 spiro atoms. The monoisotopic (exact) mass is 704 g/mol. The highest BCUT2D eigenvalue weighted by molar-refractivity contribution is 5.81. The van der Waals surface area contributed by atoms with Crippen molar-refractivity contribution in [3.05, 3.63) is 0 Å². The topological polar surface area (TPSA) is 241 Å². The molecule has 0 aliphatic carbocycles. The van der Waals surface area contributed by atoms with E-state index in [9.17, 15) is 52.2 Å². The molecule has 4 N–H and O–H groups in total. The van der Waals surface area contributed by atoms with Crippen molar-refractivity contribution in [2.24, 2.45) is 0 Å². The zero-order valence-corrected chi connectivity index (χ0v) is 26.6. The summed E-state index contributed by atoms with van der Waals surface area (Å²) in [5.41, 5.74) is 0. The molecule has 0 aromatic heterocycles. The zero-order chi connectivity index (χ0) is 36.3. The Bertz CT molecular complexity index is 1160. The molecular formula is C27H39F3N2O16. The number of carbonyl (C=O) groups is 6. The Morgan fingerprint density at radius 2 is 1.33 bits per heavy atom. The Morgan fingerprint density at radius 3 is 1.85 bits per heavy atom. The molecule has 48 heavy (non-hydrogen) atoms. The van der Waals surface area contributed by atoms with Gasteiger partial charge in [-0.2, -0.15) is 13.2 Å². The van der Waals surface area contributed by atoms with Crippen LogP contribution in [0.3, 0.4) is 0 Å². The minimum atomic E-state index is -5.11. The van der Waals surface area contributed by atoms with Crippen LogP contribution < -0.4 is 10.6 Å². The number of halogens is 3. The van der Waals surface area contributed by atoms with Gasteiger partial charge in [0.05, 0.1) is 13.2 Å². The minimum Gasteiger partial charge on any atom is -0.463 e. The fraction of sp³-hybridized carbons (Fsp3) is 0.778. The Hall–Kier alpha value is -3.63. The van der Waals surface area contributed by atoms with Gasteiger partial charge >= 0.3 is 36.0 Å². The number of aliphatic hydroxyl groups excluding tert-OH is 2. The lowest BCUT2D eigenvalue weighted by atomic mass is 9.95. The first-order valence-corrected chi connectivity index (χ1v) is 14.5. The molecule has 0 bridgehead atoms. The number of hydrogen-bond acceptors (Lipinski definition) is 16. The molecule has 0 radical (unpaired) electrons. The van der Waals surface area contributed by atoms with Crippen LogP contribution >= 0.6 is 0 Å². The van der Waals surface area contributed by atoms with Crippen LogP contribution in [0.4, 0.5) is 13.2 Å². The lowest BCUT2D eigenvalue weighted by molar-refractivity contribution is -0.349. The van der Waals surface area contributed by atoms with Gasteiger partial charge in [0.1, 0.15) is 37.1 Å². The number of esters is 4. The number of rotatable bonds is 14. The van der Waals surface area contributed by atoms with Crippen molar-refractivity contribution in [1.29, 1.82) is 0 Å².